The molecule has 0 unspecified atom stereocenters. The molecule has 1 aliphatic carbocycles. The van der Waals surface area contributed by atoms with Crippen molar-refractivity contribution >= 4 is 45.6 Å². The van der Waals surface area contributed by atoms with E-state index in [4.69, 9.17) is 23.2 Å². The van der Waals surface area contributed by atoms with E-state index in [2.05, 4.69) is 10.3 Å². The lowest BCUT2D eigenvalue weighted by Crippen LogP contribution is -2.27. The number of thiazole rings is 1. The highest BCUT2D eigenvalue weighted by atomic mass is 35.5. The highest BCUT2D eigenvalue weighted by Crippen LogP contribution is 2.30. The Morgan fingerprint density at radius 2 is 2.19 bits per heavy atom. The zero-order chi connectivity index (χ0) is 14.8. The van der Waals surface area contributed by atoms with Crippen molar-refractivity contribution in [1.82, 2.24) is 4.98 Å². The fraction of sp³-hybridized carbons (Fsp3) is 0.333. The number of benzene rings is 1. The molecule has 1 heterocycles. The van der Waals surface area contributed by atoms with Crippen LogP contribution in [0.2, 0.25) is 10.0 Å². The van der Waals surface area contributed by atoms with Crippen LogP contribution in [0.25, 0.3) is 0 Å². The van der Waals surface area contributed by atoms with Gasteiger partial charge in [0.05, 0.1) is 0 Å². The van der Waals surface area contributed by atoms with Crippen LogP contribution in [-0.2, 0) is 11.2 Å². The molecule has 0 bridgehead atoms. The third kappa shape index (κ3) is 3.57. The minimum Gasteiger partial charge on any atom is -0.302 e. The second-order valence-electron chi connectivity index (χ2n) is 5.16. The standard InChI is InChI=1S/C15H14Cl2N2OS/c16-11-5-4-10(13(17)7-11)6-12-8-18-15(21-12)19-14(20)9-2-1-3-9/h4-5,7-9H,1-3,6H2,(H,18,19,20). The molecule has 1 aromatic carbocycles. The van der Waals surface area contributed by atoms with Crippen LogP contribution >= 0.6 is 34.5 Å². The van der Waals surface area contributed by atoms with Gasteiger partial charge in [0.2, 0.25) is 5.91 Å². The zero-order valence-electron chi connectivity index (χ0n) is 11.2. The van der Waals surface area contributed by atoms with Crippen LogP contribution in [0.1, 0.15) is 29.7 Å². The minimum absolute atomic E-state index is 0.0895. The van der Waals surface area contributed by atoms with Gasteiger partial charge >= 0.3 is 0 Å². The molecule has 2 aromatic rings. The van der Waals surface area contributed by atoms with Crippen LogP contribution < -0.4 is 5.32 Å². The molecule has 0 spiro atoms. The van der Waals surface area contributed by atoms with Crippen LogP contribution in [-0.4, -0.2) is 10.9 Å². The molecule has 0 aliphatic heterocycles. The van der Waals surface area contributed by atoms with E-state index < -0.39 is 0 Å². The molecule has 21 heavy (non-hydrogen) atoms. The normalized spacial score (nSPS) is 14.8. The van der Waals surface area contributed by atoms with E-state index in [1.807, 2.05) is 12.1 Å². The van der Waals surface area contributed by atoms with Gasteiger partial charge in [-0.25, -0.2) is 4.98 Å². The maximum atomic E-state index is 11.9. The number of carbonyl (C=O) groups is 1. The molecular weight excluding hydrogens is 327 g/mol. The Labute approximate surface area is 137 Å². The number of aromatic nitrogens is 1. The summed E-state index contributed by atoms with van der Waals surface area (Å²) in [4.78, 5) is 17.2. The van der Waals surface area contributed by atoms with Gasteiger partial charge in [-0.3, -0.25) is 4.79 Å². The summed E-state index contributed by atoms with van der Waals surface area (Å²) in [6, 6.07) is 5.47. The molecule has 1 fully saturated rings. The maximum Gasteiger partial charge on any atom is 0.229 e. The minimum atomic E-state index is 0.0895. The van der Waals surface area contributed by atoms with Crippen molar-refractivity contribution in [3.8, 4) is 0 Å². The van der Waals surface area contributed by atoms with Crippen LogP contribution in [0.5, 0.6) is 0 Å². The molecule has 110 valence electrons. The SMILES string of the molecule is O=C(Nc1ncc(Cc2ccc(Cl)cc2Cl)s1)C1CCC1. The zero-order valence-corrected chi connectivity index (χ0v) is 13.6. The Hall–Kier alpha value is -1.10. The fourth-order valence-corrected chi connectivity index (χ4v) is 3.49. The molecule has 0 atom stereocenters. The first-order valence-electron chi connectivity index (χ1n) is 6.81. The number of nitrogens with zero attached hydrogens (tertiary/aromatic N) is 1. The van der Waals surface area contributed by atoms with Crippen LogP contribution in [0, 0.1) is 5.92 Å². The molecule has 3 rings (SSSR count). The topological polar surface area (TPSA) is 42.0 Å². The summed E-state index contributed by atoms with van der Waals surface area (Å²) in [7, 11) is 0. The first-order valence-corrected chi connectivity index (χ1v) is 8.38. The van der Waals surface area contributed by atoms with E-state index in [9.17, 15) is 4.79 Å². The van der Waals surface area contributed by atoms with E-state index >= 15 is 0 Å². The van der Waals surface area contributed by atoms with Crippen molar-refractivity contribution in [1.29, 1.82) is 0 Å². The first-order chi connectivity index (χ1) is 10.1. The van der Waals surface area contributed by atoms with Crippen molar-refractivity contribution in [3.63, 3.8) is 0 Å². The van der Waals surface area contributed by atoms with Gasteiger partial charge in [0.1, 0.15) is 0 Å². The van der Waals surface area contributed by atoms with Crippen molar-refractivity contribution < 1.29 is 4.79 Å². The van der Waals surface area contributed by atoms with Crippen molar-refractivity contribution in [2.24, 2.45) is 5.92 Å². The number of hydrogen-bond acceptors (Lipinski definition) is 3. The van der Waals surface area contributed by atoms with Crippen molar-refractivity contribution in [3.05, 3.63) is 44.9 Å². The number of halogens is 2. The average Bonchev–Trinajstić information content (AvgIpc) is 2.78. The number of anilines is 1. The lowest BCUT2D eigenvalue weighted by molar-refractivity contribution is -0.122. The van der Waals surface area contributed by atoms with Gasteiger partial charge in [-0.2, -0.15) is 0 Å². The quantitative estimate of drug-likeness (QED) is 0.870. The van der Waals surface area contributed by atoms with Crippen LogP contribution in [0.15, 0.2) is 24.4 Å². The van der Waals surface area contributed by atoms with E-state index in [-0.39, 0.29) is 11.8 Å². The maximum absolute atomic E-state index is 11.9. The lowest BCUT2D eigenvalue weighted by atomic mass is 9.85. The Morgan fingerprint density at radius 1 is 1.38 bits per heavy atom. The van der Waals surface area contributed by atoms with Gasteiger partial charge in [0.15, 0.2) is 5.13 Å². The largest absolute Gasteiger partial charge is 0.302 e. The molecule has 1 N–H and O–H groups in total. The summed E-state index contributed by atoms with van der Waals surface area (Å²) in [5, 5.41) is 4.82. The first kappa shape index (κ1) is 14.8. The van der Waals surface area contributed by atoms with Crippen molar-refractivity contribution in [2.45, 2.75) is 25.7 Å². The lowest BCUT2D eigenvalue weighted by Gasteiger charge is -2.23. The third-order valence-electron chi connectivity index (χ3n) is 3.64. The number of carbonyl (C=O) groups excluding carboxylic acids is 1. The monoisotopic (exact) mass is 340 g/mol. The van der Waals surface area contributed by atoms with Gasteiger partial charge in [-0.05, 0) is 30.5 Å². The summed E-state index contributed by atoms with van der Waals surface area (Å²) >= 11 is 13.5. The Morgan fingerprint density at radius 3 is 2.86 bits per heavy atom. The van der Waals surface area contributed by atoms with Crippen LogP contribution in [0.3, 0.4) is 0 Å². The molecule has 3 nitrogen and oxygen atoms in total. The smallest absolute Gasteiger partial charge is 0.229 e. The van der Waals surface area contributed by atoms with Gasteiger partial charge in [-0.1, -0.05) is 35.7 Å². The third-order valence-corrected chi connectivity index (χ3v) is 5.14. The van der Waals surface area contributed by atoms with E-state index in [1.54, 1.807) is 12.3 Å². The molecule has 1 aliphatic rings. The summed E-state index contributed by atoms with van der Waals surface area (Å²) in [6.45, 7) is 0. The molecular formula is C15H14Cl2N2OS. The average molecular weight is 341 g/mol. The van der Waals surface area contributed by atoms with Crippen LogP contribution in [0.4, 0.5) is 5.13 Å². The Kier molecular flexibility index (Phi) is 4.48. The number of hydrogen-bond donors (Lipinski definition) is 1. The van der Waals surface area contributed by atoms with E-state index in [0.29, 0.717) is 21.6 Å². The molecule has 0 saturated heterocycles. The van der Waals surface area contributed by atoms with Gasteiger partial charge in [0.25, 0.3) is 0 Å². The number of rotatable bonds is 4. The molecule has 1 aromatic heterocycles. The Balaban J connectivity index is 1.65. The number of nitrogens with one attached hydrogen (secondary N) is 1. The summed E-state index contributed by atoms with van der Waals surface area (Å²) < 4.78 is 0. The second kappa shape index (κ2) is 6.34. The summed E-state index contributed by atoms with van der Waals surface area (Å²) in [5.41, 5.74) is 1.00. The molecule has 1 amide bonds. The molecule has 0 radical (unpaired) electrons. The van der Waals surface area contributed by atoms with E-state index in [1.165, 1.54) is 11.3 Å². The van der Waals surface area contributed by atoms with Gasteiger partial charge in [0, 0.05) is 33.5 Å². The second-order valence-corrected chi connectivity index (χ2v) is 7.12. The number of amides is 1. The van der Waals surface area contributed by atoms with Crippen molar-refractivity contribution in [2.75, 3.05) is 5.32 Å². The van der Waals surface area contributed by atoms with Gasteiger partial charge < -0.3 is 5.32 Å². The predicted octanol–water partition coefficient (Wildman–Crippen LogP) is 4.78. The highest BCUT2D eigenvalue weighted by molar-refractivity contribution is 7.15. The molecule has 6 heteroatoms. The summed E-state index contributed by atoms with van der Waals surface area (Å²) in [6.07, 6.45) is 5.60. The molecule has 1 saturated carbocycles. The van der Waals surface area contributed by atoms with E-state index in [0.717, 1.165) is 29.7 Å². The fourth-order valence-electron chi connectivity index (χ4n) is 2.18. The predicted molar refractivity (Wildman–Crippen MR) is 87.4 cm³/mol. The van der Waals surface area contributed by atoms with Gasteiger partial charge in [-0.15, -0.1) is 11.3 Å². The Bertz CT molecular complexity index is 667. The summed E-state index contributed by atoms with van der Waals surface area (Å²) in [5.74, 6) is 0.259. The highest BCUT2D eigenvalue weighted by Gasteiger charge is 2.25.